The maximum atomic E-state index is 12.1. The summed E-state index contributed by atoms with van der Waals surface area (Å²) in [6, 6.07) is 3.92. The molecule has 104 valence electrons. The molecule has 0 aliphatic rings. The first kappa shape index (κ1) is 14.4. The third-order valence-electron chi connectivity index (χ3n) is 2.30. The molecule has 0 atom stereocenters. The van der Waals surface area contributed by atoms with Crippen molar-refractivity contribution in [1.82, 2.24) is 4.98 Å². The fourth-order valence-electron chi connectivity index (χ4n) is 1.44. The van der Waals surface area contributed by atoms with Crippen molar-refractivity contribution in [3.8, 4) is 0 Å². The molecule has 4 N–H and O–H groups in total. The van der Waals surface area contributed by atoms with E-state index in [-0.39, 0.29) is 11.3 Å². The molecular weight excluding hydrogens is 350 g/mol. The number of nitrogens with two attached hydrogens (primary N) is 1. The fraction of sp³-hybridized carbons (Fsp3) is 0. The molecule has 0 aliphatic carbocycles. The average Bonchev–Trinajstić information content (AvgIpc) is 2.83. The molecule has 0 aliphatic heterocycles. The molecule has 8 nitrogen and oxygen atoms in total. The van der Waals surface area contributed by atoms with Gasteiger partial charge in [-0.1, -0.05) is 11.3 Å². The van der Waals surface area contributed by atoms with Gasteiger partial charge >= 0.3 is 0 Å². The van der Waals surface area contributed by atoms with Crippen LogP contribution in [0.5, 0.6) is 0 Å². The number of nitro groups is 1. The van der Waals surface area contributed by atoms with E-state index in [0.29, 0.717) is 10.8 Å². The molecule has 0 unspecified atom stereocenters. The van der Waals surface area contributed by atoms with Gasteiger partial charge in [0.05, 0.1) is 14.9 Å². The molecule has 0 saturated heterocycles. The van der Waals surface area contributed by atoms with Gasteiger partial charge in [-0.15, -0.1) is 0 Å². The van der Waals surface area contributed by atoms with E-state index in [0.717, 1.165) is 3.79 Å². The summed E-state index contributed by atoms with van der Waals surface area (Å²) in [5, 5.41) is 13.8. The van der Waals surface area contributed by atoms with Gasteiger partial charge in [0.15, 0.2) is 5.13 Å². The zero-order valence-electron chi connectivity index (χ0n) is 9.79. The lowest BCUT2D eigenvalue weighted by molar-refractivity contribution is -0.385. The molecule has 1 aromatic carbocycles. The lowest BCUT2D eigenvalue weighted by Gasteiger charge is -2.05. The monoisotopic (exact) mass is 357 g/mol. The Balaban J connectivity index is 2.34. The van der Waals surface area contributed by atoms with Gasteiger partial charge in [0.25, 0.3) is 11.6 Å². The van der Waals surface area contributed by atoms with Crippen LogP contribution in [-0.2, 0) is 0 Å². The topological polar surface area (TPSA) is 123 Å². The minimum atomic E-state index is -0.632. The lowest BCUT2D eigenvalue weighted by atomic mass is 10.1. The van der Waals surface area contributed by atoms with Crippen LogP contribution in [-0.4, -0.2) is 15.8 Å². The van der Waals surface area contributed by atoms with Crippen molar-refractivity contribution in [2.45, 2.75) is 0 Å². The van der Waals surface area contributed by atoms with Crippen molar-refractivity contribution in [2.24, 2.45) is 5.84 Å². The summed E-state index contributed by atoms with van der Waals surface area (Å²) in [5.41, 5.74) is 2.31. The van der Waals surface area contributed by atoms with E-state index in [2.05, 4.69) is 31.7 Å². The Kier molecular flexibility index (Phi) is 4.27. The Labute approximate surface area is 125 Å². The Bertz CT molecular complexity index is 675. The van der Waals surface area contributed by atoms with Crippen LogP contribution in [0.3, 0.4) is 0 Å². The maximum absolute atomic E-state index is 12.1. The number of halogens is 1. The van der Waals surface area contributed by atoms with E-state index < -0.39 is 10.8 Å². The second-order valence-electron chi connectivity index (χ2n) is 3.56. The number of thiazole rings is 1. The molecule has 2 aromatic rings. The fourth-order valence-corrected chi connectivity index (χ4v) is 2.55. The number of aromatic nitrogens is 1. The molecule has 1 heterocycles. The molecule has 2 rings (SSSR count). The minimum absolute atomic E-state index is 0.100. The first-order valence-electron chi connectivity index (χ1n) is 5.19. The summed E-state index contributed by atoms with van der Waals surface area (Å²) >= 11 is 4.41. The zero-order chi connectivity index (χ0) is 14.7. The first-order valence-corrected chi connectivity index (χ1v) is 6.80. The number of nitrogens with zero attached hydrogens (tertiary/aromatic N) is 2. The third kappa shape index (κ3) is 3.10. The lowest BCUT2D eigenvalue weighted by Crippen LogP contribution is -2.15. The number of amides is 1. The van der Waals surface area contributed by atoms with Crippen molar-refractivity contribution in [3.63, 3.8) is 0 Å². The normalized spacial score (nSPS) is 10.1. The Morgan fingerprint density at radius 2 is 2.25 bits per heavy atom. The van der Waals surface area contributed by atoms with Crippen molar-refractivity contribution >= 4 is 49.7 Å². The van der Waals surface area contributed by atoms with Gasteiger partial charge in [0.2, 0.25) is 0 Å². The van der Waals surface area contributed by atoms with Gasteiger partial charge in [0, 0.05) is 11.8 Å². The van der Waals surface area contributed by atoms with Crippen LogP contribution in [0.2, 0.25) is 0 Å². The molecule has 0 fully saturated rings. The minimum Gasteiger partial charge on any atom is -0.324 e. The second kappa shape index (κ2) is 5.94. The molecule has 1 aromatic heterocycles. The number of carbonyl (C=O) groups excluding carboxylic acids is 1. The van der Waals surface area contributed by atoms with Gasteiger partial charge in [-0.2, -0.15) is 0 Å². The number of anilines is 2. The summed E-state index contributed by atoms with van der Waals surface area (Å²) in [5.74, 6) is 4.60. The maximum Gasteiger partial charge on any atom is 0.282 e. The van der Waals surface area contributed by atoms with Gasteiger partial charge in [-0.05, 0) is 28.1 Å². The van der Waals surface area contributed by atoms with Crippen LogP contribution in [0, 0.1) is 10.1 Å². The molecule has 0 saturated carbocycles. The highest BCUT2D eigenvalue weighted by atomic mass is 79.9. The van der Waals surface area contributed by atoms with Crippen LogP contribution < -0.4 is 16.6 Å². The molecule has 0 radical (unpaired) electrons. The van der Waals surface area contributed by atoms with Crippen LogP contribution in [0.25, 0.3) is 0 Å². The highest BCUT2D eigenvalue weighted by molar-refractivity contribution is 9.11. The van der Waals surface area contributed by atoms with Gasteiger partial charge in [-0.3, -0.25) is 26.1 Å². The summed E-state index contributed by atoms with van der Waals surface area (Å²) in [4.78, 5) is 26.3. The van der Waals surface area contributed by atoms with E-state index in [4.69, 9.17) is 5.84 Å². The van der Waals surface area contributed by atoms with Gasteiger partial charge in [-0.25, -0.2) is 4.98 Å². The van der Waals surface area contributed by atoms with Crippen LogP contribution in [0.4, 0.5) is 16.5 Å². The van der Waals surface area contributed by atoms with E-state index in [1.54, 1.807) is 0 Å². The summed E-state index contributed by atoms with van der Waals surface area (Å²) in [7, 11) is 0. The zero-order valence-corrected chi connectivity index (χ0v) is 12.2. The number of benzene rings is 1. The average molecular weight is 358 g/mol. The quantitative estimate of drug-likeness (QED) is 0.438. The van der Waals surface area contributed by atoms with Crippen molar-refractivity contribution in [1.29, 1.82) is 0 Å². The number of hydrogen-bond acceptors (Lipinski definition) is 7. The number of nitro benzene ring substituents is 1. The highest BCUT2D eigenvalue weighted by Gasteiger charge is 2.21. The molecular formula is C10H8BrN5O3S. The number of hydrogen-bond donors (Lipinski definition) is 3. The predicted molar refractivity (Wildman–Crippen MR) is 78.7 cm³/mol. The van der Waals surface area contributed by atoms with E-state index in [1.165, 1.54) is 35.7 Å². The SMILES string of the molecule is NNc1ccc([N+](=O)[O-])c(C(=O)Nc2ncc(Br)s2)c1. The second-order valence-corrected chi connectivity index (χ2v) is 5.97. The summed E-state index contributed by atoms with van der Waals surface area (Å²) in [6.45, 7) is 0. The number of carbonyl (C=O) groups is 1. The van der Waals surface area contributed by atoms with Crippen LogP contribution in [0.15, 0.2) is 28.2 Å². The van der Waals surface area contributed by atoms with Crippen molar-refractivity contribution in [3.05, 3.63) is 43.9 Å². The summed E-state index contributed by atoms with van der Waals surface area (Å²) < 4.78 is 0.736. The molecule has 1 amide bonds. The Morgan fingerprint density at radius 1 is 1.50 bits per heavy atom. The number of nitrogens with one attached hydrogen (secondary N) is 2. The Hall–Kier alpha value is -2.04. The predicted octanol–water partition coefficient (Wildman–Crippen LogP) is 2.35. The molecule has 0 bridgehead atoms. The van der Waals surface area contributed by atoms with Crippen LogP contribution in [0.1, 0.15) is 10.4 Å². The summed E-state index contributed by atoms with van der Waals surface area (Å²) in [6.07, 6.45) is 1.52. The van der Waals surface area contributed by atoms with Gasteiger partial charge in [0.1, 0.15) is 5.56 Å². The number of rotatable bonds is 4. The smallest absolute Gasteiger partial charge is 0.282 e. The van der Waals surface area contributed by atoms with Gasteiger partial charge < -0.3 is 5.43 Å². The van der Waals surface area contributed by atoms with Crippen molar-refractivity contribution < 1.29 is 9.72 Å². The number of hydrazine groups is 1. The van der Waals surface area contributed by atoms with Crippen LogP contribution >= 0.6 is 27.3 Å². The molecule has 0 spiro atoms. The van der Waals surface area contributed by atoms with Crippen molar-refractivity contribution in [2.75, 3.05) is 10.7 Å². The molecule has 10 heteroatoms. The highest BCUT2D eigenvalue weighted by Crippen LogP contribution is 2.26. The molecule has 20 heavy (non-hydrogen) atoms. The number of nitrogen functional groups attached to an aromatic ring is 1. The van der Waals surface area contributed by atoms with E-state index >= 15 is 0 Å². The largest absolute Gasteiger partial charge is 0.324 e. The third-order valence-corrected chi connectivity index (χ3v) is 3.69. The van der Waals surface area contributed by atoms with E-state index in [1.807, 2.05) is 0 Å². The first-order chi connectivity index (χ1) is 9.51. The Morgan fingerprint density at radius 3 is 2.80 bits per heavy atom. The standard InChI is InChI=1S/C10H8BrN5O3S/c11-8-4-13-10(20-8)14-9(17)6-3-5(15-12)1-2-7(6)16(18)19/h1-4,15H,12H2,(H,13,14,17). The van der Waals surface area contributed by atoms with E-state index in [9.17, 15) is 14.9 Å².